The molecule has 2 aromatic carbocycles. The fourth-order valence-corrected chi connectivity index (χ4v) is 2.85. The van der Waals surface area contributed by atoms with E-state index >= 15 is 0 Å². The Morgan fingerprint density at radius 1 is 1.00 bits per heavy atom. The van der Waals surface area contributed by atoms with E-state index in [0.29, 0.717) is 13.1 Å². The number of nitrogens with one attached hydrogen (secondary N) is 1. The second-order valence-electron chi connectivity index (χ2n) is 5.70. The number of urea groups is 1. The number of carbonyl (C=O) groups excluding carboxylic acids is 1. The molecule has 0 unspecified atom stereocenters. The molecule has 2 amide bonds. The molecule has 1 heterocycles. The van der Waals surface area contributed by atoms with Gasteiger partial charge in [-0.05, 0) is 42.8 Å². The third kappa shape index (κ3) is 3.77. The molecule has 1 aliphatic heterocycles. The van der Waals surface area contributed by atoms with E-state index < -0.39 is 0 Å². The summed E-state index contributed by atoms with van der Waals surface area (Å²) in [5.41, 5.74) is 3.09. The second kappa shape index (κ2) is 6.92. The number of rotatable bonds is 2. The zero-order valence-corrected chi connectivity index (χ0v) is 13.9. The van der Waals surface area contributed by atoms with E-state index in [0.717, 1.165) is 35.1 Å². The zero-order chi connectivity index (χ0) is 16.2. The molecule has 0 aliphatic carbocycles. The van der Waals surface area contributed by atoms with Crippen molar-refractivity contribution in [1.29, 1.82) is 0 Å². The molecule has 0 atom stereocenters. The highest BCUT2D eigenvalue weighted by atomic mass is 35.5. The maximum Gasteiger partial charge on any atom is 0.321 e. The van der Waals surface area contributed by atoms with Crippen LogP contribution in [0, 0.1) is 6.92 Å². The lowest BCUT2D eigenvalue weighted by Gasteiger charge is -2.36. The minimum absolute atomic E-state index is 0.0324. The third-order valence-electron chi connectivity index (χ3n) is 4.15. The van der Waals surface area contributed by atoms with Crippen LogP contribution in [0.2, 0.25) is 5.02 Å². The summed E-state index contributed by atoms with van der Waals surface area (Å²) in [5, 5.41) is 3.73. The predicted molar refractivity (Wildman–Crippen MR) is 95.4 cm³/mol. The van der Waals surface area contributed by atoms with Gasteiger partial charge in [-0.1, -0.05) is 29.8 Å². The summed E-state index contributed by atoms with van der Waals surface area (Å²) >= 11 is 5.93. The monoisotopic (exact) mass is 329 g/mol. The zero-order valence-electron chi connectivity index (χ0n) is 13.1. The smallest absolute Gasteiger partial charge is 0.321 e. The molecule has 3 rings (SSSR count). The number of para-hydroxylation sites is 1. The van der Waals surface area contributed by atoms with Crippen LogP contribution in [0.3, 0.4) is 0 Å². The van der Waals surface area contributed by atoms with Crippen molar-refractivity contribution in [2.45, 2.75) is 6.92 Å². The Hall–Kier alpha value is -2.20. The number of aryl methyl sites for hydroxylation is 1. The van der Waals surface area contributed by atoms with Crippen molar-refractivity contribution in [1.82, 2.24) is 4.90 Å². The number of hydrogen-bond donors (Lipinski definition) is 1. The summed E-state index contributed by atoms with van der Waals surface area (Å²) in [7, 11) is 0. The summed E-state index contributed by atoms with van der Waals surface area (Å²) in [4.78, 5) is 16.5. The quantitative estimate of drug-likeness (QED) is 0.903. The molecule has 0 saturated carbocycles. The van der Waals surface area contributed by atoms with E-state index in [9.17, 15) is 4.79 Å². The van der Waals surface area contributed by atoms with Crippen LogP contribution >= 0.6 is 11.6 Å². The molecule has 120 valence electrons. The summed E-state index contributed by atoms with van der Waals surface area (Å²) in [5.74, 6) is 0. The first kappa shape index (κ1) is 15.7. The fraction of sp³-hybridized carbons (Fsp3) is 0.278. The van der Waals surface area contributed by atoms with Crippen LogP contribution in [0.15, 0.2) is 48.5 Å². The lowest BCUT2D eigenvalue weighted by molar-refractivity contribution is 0.208. The number of halogens is 1. The fourth-order valence-electron chi connectivity index (χ4n) is 2.73. The number of hydrogen-bond acceptors (Lipinski definition) is 2. The van der Waals surface area contributed by atoms with Crippen molar-refractivity contribution in [3.8, 4) is 0 Å². The van der Waals surface area contributed by atoms with Crippen molar-refractivity contribution in [3.63, 3.8) is 0 Å². The summed E-state index contributed by atoms with van der Waals surface area (Å²) in [6, 6.07) is 15.6. The largest absolute Gasteiger partial charge is 0.368 e. The van der Waals surface area contributed by atoms with Crippen LogP contribution in [-0.4, -0.2) is 37.1 Å². The lowest BCUT2D eigenvalue weighted by atomic mass is 10.2. The number of nitrogens with zero attached hydrogens (tertiary/aromatic N) is 2. The molecule has 0 spiro atoms. The number of piperazine rings is 1. The first-order valence-corrected chi connectivity index (χ1v) is 8.13. The Bertz CT molecular complexity index is 679. The Kier molecular flexibility index (Phi) is 4.72. The van der Waals surface area contributed by atoms with Gasteiger partial charge in [-0.3, -0.25) is 0 Å². The van der Waals surface area contributed by atoms with Gasteiger partial charge in [-0.15, -0.1) is 0 Å². The summed E-state index contributed by atoms with van der Waals surface area (Å²) in [6.45, 7) is 5.06. The standard InChI is InChI=1S/C18H20ClN3O/c1-14-4-2-3-5-17(14)20-18(23)22-12-10-21(11-13-22)16-8-6-15(19)7-9-16/h2-9H,10-13H2,1H3,(H,20,23). The van der Waals surface area contributed by atoms with Gasteiger partial charge in [0, 0.05) is 42.6 Å². The van der Waals surface area contributed by atoms with Gasteiger partial charge in [0.1, 0.15) is 0 Å². The Balaban J connectivity index is 1.57. The number of carbonyl (C=O) groups is 1. The second-order valence-corrected chi connectivity index (χ2v) is 6.13. The minimum Gasteiger partial charge on any atom is -0.368 e. The van der Waals surface area contributed by atoms with E-state index in [-0.39, 0.29) is 6.03 Å². The van der Waals surface area contributed by atoms with E-state index in [4.69, 9.17) is 11.6 Å². The van der Waals surface area contributed by atoms with E-state index in [1.807, 2.05) is 60.4 Å². The predicted octanol–water partition coefficient (Wildman–Crippen LogP) is 4.00. The molecule has 1 saturated heterocycles. The highest BCUT2D eigenvalue weighted by Gasteiger charge is 2.21. The van der Waals surface area contributed by atoms with Gasteiger partial charge >= 0.3 is 6.03 Å². The first-order valence-electron chi connectivity index (χ1n) is 7.75. The van der Waals surface area contributed by atoms with Crippen LogP contribution in [0.4, 0.5) is 16.2 Å². The van der Waals surface area contributed by atoms with Crippen LogP contribution < -0.4 is 10.2 Å². The van der Waals surface area contributed by atoms with Gasteiger partial charge in [0.05, 0.1) is 0 Å². The molecule has 0 bridgehead atoms. The van der Waals surface area contributed by atoms with Crippen molar-refractivity contribution < 1.29 is 4.79 Å². The molecule has 1 N–H and O–H groups in total. The maximum absolute atomic E-state index is 12.4. The van der Waals surface area contributed by atoms with Gasteiger partial charge in [-0.2, -0.15) is 0 Å². The molecule has 0 radical (unpaired) electrons. The summed E-state index contributed by atoms with van der Waals surface area (Å²) in [6.07, 6.45) is 0. The minimum atomic E-state index is -0.0324. The Labute approximate surface area is 141 Å². The van der Waals surface area contributed by atoms with E-state index in [1.165, 1.54) is 0 Å². The lowest BCUT2D eigenvalue weighted by Crippen LogP contribution is -2.50. The van der Waals surface area contributed by atoms with Crippen LogP contribution in [-0.2, 0) is 0 Å². The topological polar surface area (TPSA) is 35.6 Å². The maximum atomic E-state index is 12.4. The van der Waals surface area contributed by atoms with Gasteiger partial charge in [-0.25, -0.2) is 4.79 Å². The molecule has 4 nitrogen and oxygen atoms in total. The Morgan fingerprint density at radius 3 is 2.30 bits per heavy atom. The highest BCUT2D eigenvalue weighted by Crippen LogP contribution is 2.20. The van der Waals surface area contributed by atoms with Crippen LogP contribution in [0.25, 0.3) is 0 Å². The van der Waals surface area contributed by atoms with E-state index in [2.05, 4.69) is 10.2 Å². The molecule has 23 heavy (non-hydrogen) atoms. The number of anilines is 2. The van der Waals surface area contributed by atoms with Crippen LogP contribution in [0.5, 0.6) is 0 Å². The normalized spacial score (nSPS) is 14.7. The molecular formula is C18H20ClN3O. The summed E-state index contributed by atoms with van der Waals surface area (Å²) < 4.78 is 0. The SMILES string of the molecule is Cc1ccccc1NC(=O)N1CCN(c2ccc(Cl)cc2)CC1. The molecule has 1 fully saturated rings. The Morgan fingerprint density at radius 2 is 1.65 bits per heavy atom. The average molecular weight is 330 g/mol. The van der Waals surface area contributed by atoms with Gasteiger partial charge in [0.25, 0.3) is 0 Å². The van der Waals surface area contributed by atoms with Crippen molar-refractivity contribution in [3.05, 3.63) is 59.1 Å². The van der Waals surface area contributed by atoms with Gasteiger partial charge in [0.2, 0.25) is 0 Å². The van der Waals surface area contributed by atoms with Gasteiger partial charge < -0.3 is 15.1 Å². The van der Waals surface area contributed by atoms with Crippen LogP contribution in [0.1, 0.15) is 5.56 Å². The number of benzene rings is 2. The molecular weight excluding hydrogens is 310 g/mol. The number of amides is 2. The van der Waals surface area contributed by atoms with Crippen molar-refractivity contribution in [2.75, 3.05) is 36.4 Å². The first-order chi connectivity index (χ1) is 11.1. The van der Waals surface area contributed by atoms with Crippen molar-refractivity contribution >= 4 is 29.0 Å². The van der Waals surface area contributed by atoms with Gasteiger partial charge in [0.15, 0.2) is 0 Å². The molecule has 1 aliphatic rings. The van der Waals surface area contributed by atoms with E-state index in [1.54, 1.807) is 0 Å². The molecule has 0 aromatic heterocycles. The third-order valence-corrected chi connectivity index (χ3v) is 4.40. The van der Waals surface area contributed by atoms with Crippen molar-refractivity contribution in [2.24, 2.45) is 0 Å². The molecule has 5 heteroatoms. The highest BCUT2D eigenvalue weighted by molar-refractivity contribution is 6.30. The molecule has 2 aromatic rings. The average Bonchev–Trinajstić information content (AvgIpc) is 2.58.